The topological polar surface area (TPSA) is 42.2 Å². The van der Waals surface area contributed by atoms with E-state index in [0.717, 1.165) is 11.5 Å². The molecular formula is C13H12FNO2S. The van der Waals surface area contributed by atoms with Gasteiger partial charge in [-0.2, -0.15) is 11.8 Å². The molecule has 2 aromatic rings. The molecule has 3 nitrogen and oxygen atoms in total. The van der Waals surface area contributed by atoms with Crippen molar-refractivity contribution in [2.45, 2.75) is 5.75 Å². The number of hydrogen-bond donors (Lipinski definition) is 1. The van der Waals surface area contributed by atoms with Crippen LogP contribution in [0.15, 0.2) is 40.8 Å². The first-order valence-electron chi connectivity index (χ1n) is 5.33. The van der Waals surface area contributed by atoms with Gasteiger partial charge in [0.05, 0.1) is 5.75 Å². The molecule has 0 aliphatic rings. The summed E-state index contributed by atoms with van der Waals surface area (Å²) in [4.78, 5) is 11.8. The summed E-state index contributed by atoms with van der Waals surface area (Å²) in [6.07, 6.45) is 1.96. The minimum Gasteiger partial charge on any atom is -0.455 e. The Labute approximate surface area is 108 Å². The van der Waals surface area contributed by atoms with Crippen LogP contribution in [-0.2, 0) is 5.75 Å². The second-order valence-electron chi connectivity index (χ2n) is 3.66. The van der Waals surface area contributed by atoms with Gasteiger partial charge in [-0.1, -0.05) is 0 Å². The SMILES string of the molecule is CSCc1ccc(C(=O)Nc2ccc(F)cc2)o1. The molecule has 0 atom stereocenters. The number of furan rings is 1. The molecule has 0 unspecified atom stereocenters. The van der Waals surface area contributed by atoms with Gasteiger partial charge in [0.1, 0.15) is 11.6 Å². The van der Waals surface area contributed by atoms with Crippen molar-refractivity contribution in [2.24, 2.45) is 0 Å². The summed E-state index contributed by atoms with van der Waals surface area (Å²) in [6, 6.07) is 8.98. The molecule has 0 radical (unpaired) electrons. The molecule has 1 aromatic carbocycles. The number of nitrogens with one attached hydrogen (secondary N) is 1. The first-order valence-corrected chi connectivity index (χ1v) is 6.73. The van der Waals surface area contributed by atoms with E-state index in [-0.39, 0.29) is 17.5 Å². The largest absolute Gasteiger partial charge is 0.455 e. The predicted molar refractivity (Wildman–Crippen MR) is 70.3 cm³/mol. The number of anilines is 1. The van der Waals surface area contributed by atoms with Crippen LogP contribution in [0.5, 0.6) is 0 Å². The van der Waals surface area contributed by atoms with E-state index in [4.69, 9.17) is 4.42 Å². The van der Waals surface area contributed by atoms with Crippen LogP contribution < -0.4 is 5.32 Å². The van der Waals surface area contributed by atoms with Crippen molar-refractivity contribution < 1.29 is 13.6 Å². The van der Waals surface area contributed by atoms with Gasteiger partial charge < -0.3 is 9.73 Å². The Kier molecular flexibility index (Phi) is 4.04. The van der Waals surface area contributed by atoms with Crippen molar-refractivity contribution in [3.05, 3.63) is 53.7 Å². The lowest BCUT2D eigenvalue weighted by Gasteiger charge is -2.02. The molecular weight excluding hydrogens is 253 g/mol. The standard InChI is InChI=1S/C13H12FNO2S/c1-18-8-11-6-7-12(17-11)13(16)15-10-4-2-9(14)3-5-10/h2-7H,8H2,1H3,(H,15,16). The van der Waals surface area contributed by atoms with E-state index in [1.807, 2.05) is 6.26 Å². The van der Waals surface area contributed by atoms with Gasteiger partial charge in [-0.05, 0) is 42.7 Å². The molecule has 2 rings (SSSR count). The quantitative estimate of drug-likeness (QED) is 0.919. The Bertz CT molecular complexity index is 536. The van der Waals surface area contributed by atoms with Crippen molar-refractivity contribution in [1.29, 1.82) is 0 Å². The summed E-state index contributed by atoms with van der Waals surface area (Å²) >= 11 is 1.62. The fourth-order valence-electron chi connectivity index (χ4n) is 1.45. The summed E-state index contributed by atoms with van der Waals surface area (Å²) in [7, 11) is 0. The minimum absolute atomic E-state index is 0.253. The van der Waals surface area contributed by atoms with Crippen LogP contribution in [0, 0.1) is 5.82 Å². The van der Waals surface area contributed by atoms with Crippen LogP contribution in [0.1, 0.15) is 16.3 Å². The molecule has 1 amide bonds. The molecule has 1 aromatic heterocycles. The molecule has 0 saturated heterocycles. The lowest BCUT2D eigenvalue weighted by molar-refractivity contribution is 0.0995. The van der Waals surface area contributed by atoms with Gasteiger partial charge in [-0.25, -0.2) is 4.39 Å². The van der Waals surface area contributed by atoms with Gasteiger partial charge in [-0.15, -0.1) is 0 Å². The zero-order chi connectivity index (χ0) is 13.0. The van der Waals surface area contributed by atoms with E-state index in [1.54, 1.807) is 23.9 Å². The molecule has 18 heavy (non-hydrogen) atoms. The van der Waals surface area contributed by atoms with Crippen molar-refractivity contribution in [3.63, 3.8) is 0 Å². The lowest BCUT2D eigenvalue weighted by Crippen LogP contribution is -2.10. The molecule has 0 aliphatic heterocycles. The van der Waals surface area contributed by atoms with E-state index < -0.39 is 0 Å². The highest BCUT2D eigenvalue weighted by molar-refractivity contribution is 7.97. The van der Waals surface area contributed by atoms with E-state index in [2.05, 4.69) is 5.32 Å². The number of carbonyl (C=O) groups is 1. The van der Waals surface area contributed by atoms with Gasteiger partial charge in [-0.3, -0.25) is 4.79 Å². The van der Waals surface area contributed by atoms with Crippen LogP contribution in [0.3, 0.4) is 0 Å². The smallest absolute Gasteiger partial charge is 0.291 e. The van der Waals surface area contributed by atoms with Crippen LogP contribution in [0.4, 0.5) is 10.1 Å². The molecule has 0 bridgehead atoms. The summed E-state index contributed by atoms with van der Waals surface area (Å²) < 4.78 is 18.1. The average molecular weight is 265 g/mol. The predicted octanol–water partition coefficient (Wildman–Crippen LogP) is 3.53. The monoisotopic (exact) mass is 265 g/mol. The first kappa shape index (κ1) is 12.7. The van der Waals surface area contributed by atoms with Crippen molar-refractivity contribution in [2.75, 3.05) is 11.6 Å². The highest BCUT2D eigenvalue weighted by atomic mass is 32.2. The highest BCUT2D eigenvalue weighted by Crippen LogP contribution is 2.15. The van der Waals surface area contributed by atoms with Crippen LogP contribution >= 0.6 is 11.8 Å². The first-order chi connectivity index (χ1) is 8.69. The van der Waals surface area contributed by atoms with Crippen molar-refractivity contribution in [1.82, 2.24) is 0 Å². The maximum Gasteiger partial charge on any atom is 0.291 e. The highest BCUT2D eigenvalue weighted by Gasteiger charge is 2.11. The van der Waals surface area contributed by atoms with Crippen LogP contribution in [0.2, 0.25) is 0 Å². The fourth-order valence-corrected chi connectivity index (χ4v) is 1.89. The maximum atomic E-state index is 12.7. The molecule has 0 aliphatic carbocycles. The third-order valence-corrected chi connectivity index (χ3v) is 2.85. The Morgan fingerprint density at radius 3 is 2.67 bits per heavy atom. The van der Waals surface area contributed by atoms with Gasteiger partial charge >= 0.3 is 0 Å². The van der Waals surface area contributed by atoms with Gasteiger partial charge in [0.2, 0.25) is 0 Å². The molecule has 94 valence electrons. The Balaban J connectivity index is 2.04. The third kappa shape index (κ3) is 3.13. The zero-order valence-corrected chi connectivity index (χ0v) is 10.6. The lowest BCUT2D eigenvalue weighted by atomic mass is 10.3. The molecule has 0 saturated carbocycles. The van der Waals surface area contributed by atoms with Crippen molar-refractivity contribution in [3.8, 4) is 0 Å². The van der Waals surface area contributed by atoms with E-state index >= 15 is 0 Å². The van der Waals surface area contributed by atoms with Gasteiger partial charge in [0, 0.05) is 5.69 Å². The summed E-state index contributed by atoms with van der Waals surface area (Å²) in [6.45, 7) is 0. The third-order valence-electron chi connectivity index (χ3n) is 2.27. The molecule has 1 N–H and O–H groups in total. The second kappa shape index (κ2) is 5.73. The van der Waals surface area contributed by atoms with E-state index in [1.165, 1.54) is 24.3 Å². The summed E-state index contributed by atoms with van der Waals surface area (Å²) in [5, 5.41) is 2.63. The number of amides is 1. The van der Waals surface area contributed by atoms with Crippen LogP contribution in [0.25, 0.3) is 0 Å². The van der Waals surface area contributed by atoms with E-state index in [9.17, 15) is 9.18 Å². The van der Waals surface area contributed by atoms with E-state index in [0.29, 0.717) is 5.69 Å². The fraction of sp³-hybridized carbons (Fsp3) is 0.154. The number of thioether (sulfide) groups is 1. The Morgan fingerprint density at radius 2 is 2.00 bits per heavy atom. The number of halogens is 1. The molecule has 0 spiro atoms. The molecule has 0 fully saturated rings. The number of carbonyl (C=O) groups excluding carboxylic acids is 1. The maximum absolute atomic E-state index is 12.7. The Hall–Kier alpha value is -1.75. The summed E-state index contributed by atoms with van der Waals surface area (Å²) in [5.41, 5.74) is 0.532. The summed E-state index contributed by atoms with van der Waals surface area (Å²) in [5.74, 6) is 1.06. The number of hydrogen-bond acceptors (Lipinski definition) is 3. The van der Waals surface area contributed by atoms with Gasteiger partial charge in [0.15, 0.2) is 5.76 Å². The zero-order valence-electron chi connectivity index (χ0n) is 9.77. The second-order valence-corrected chi connectivity index (χ2v) is 4.53. The molecule has 1 heterocycles. The minimum atomic E-state index is -0.340. The Morgan fingerprint density at radius 1 is 1.28 bits per heavy atom. The molecule has 5 heteroatoms. The average Bonchev–Trinajstić information content (AvgIpc) is 2.81. The normalized spacial score (nSPS) is 10.3. The van der Waals surface area contributed by atoms with Crippen molar-refractivity contribution >= 4 is 23.4 Å². The number of rotatable bonds is 4. The number of benzene rings is 1. The van der Waals surface area contributed by atoms with Crippen LogP contribution in [-0.4, -0.2) is 12.2 Å². The van der Waals surface area contributed by atoms with Gasteiger partial charge in [0.25, 0.3) is 5.91 Å².